The molecule has 0 saturated heterocycles. The van der Waals surface area contributed by atoms with Gasteiger partial charge >= 0.3 is 0 Å². The summed E-state index contributed by atoms with van der Waals surface area (Å²) in [6.45, 7) is 0.602. The minimum atomic E-state index is -0.121. The molecule has 23 heavy (non-hydrogen) atoms. The molecule has 3 rings (SSSR count). The summed E-state index contributed by atoms with van der Waals surface area (Å²) < 4.78 is 1.67. The van der Waals surface area contributed by atoms with Crippen molar-refractivity contribution in [1.29, 1.82) is 0 Å². The van der Waals surface area contributed by atoms with E-state index in [0.29, 0.717) is 18.5 Å². The van der Waals surface area contributed by atoms with Crippen LogP contribution >= 0.6 is 0 Å². The molecule has 2 aromatic carbocycles. The third-order valence-electron chi connectivity index (χ3n) is 3.95. The zero-order valence-corrected chi connectivity index (χ0v) is 12.9. The van der Waals surface area contributed by atoms with Crippen LogP contribution in [0.2, 0.25) is 0 Å². The Morgan fingerprint density at radius 1 is 0.826 bits per heavy atom. The zero-order valence-electron chi connectivity index (χ0n) is 12.9. The Morgan fingerprint density at radius 3 is 2.09 bits per heavy atom. The van der Waals surface area contributed by atoms with Gasteiger partial charge in [-0.3, -0.25) is 4.79 Å². The normalized spacial score (nSPS) is 10.6. The molecule has 0 fully saturated rings. The Labute approximate surface area is 135 Å². The van der Waals surface area contributed by atoms with Crippen LogP contribution < -0.4 is 5.56 Å². The third-order valence-corrected chi connectivity index (χ3v) is 3.95. The van der Waals surface area contributed by atoms with Gasteiger partial charge < -0.3 is 9.67 Å². The van der Waals surface area contributed by atoms with Crippen molar-refractivity contribution in [1.82, 2.24) is 4.57 Å². The highest BCUT2D eigenvalue weighted by molar-refractivity contribution is 5.34. The summed E-state index contributed by atoms with van der Waals surface area (Å²) >= 11 is 0. The lowest BCUT2D eigenvalue weighted by Gasteiger charge is -2.10. The first-order chi connectivity index (χ1) is 11.2. The van der Waals surface area contributed by atoms with E-state index in [1.807, 2.05) is 48.5 Å². The van der Waals surface area contributed by atoms with Crippen molar-refractivity contribution in [3.05, 3.63) is 100.0 Å². The maximum Gasteiger partial charge on any atom is 0.257 e. The third kappa shape index (κ3) is 3.69. The topological polar surface area (TPSA) is 42.2 Å². The van der Waals surface area contributed by atoms with Gasteiger partial charge in [0.15, 0.2) is 0 Å². The van der Waals surface area contributed by atoms with Crippen LogP contribution in [0, 0.1) is 0 Å². The van der Waals surface area contributed by atoms with Gasteiger partial charge in [0, 0.05) is 19.2 Å². The Bertz CT molecular complexity index is 823. The predicted octanol–water partition coefficient (Wildman–Crippen LogP) is 3.39. The van der Waals surface area contributed by atoms with E-state index in [1.54, 1.807) is 16.8 Å². The average Bonchev–Trinajstić information content (AvgIpc) is 2.60. The molecule has 0 bridgehead atoms. The Hall–Kier alpha value is -2.81. The first-order valence-electron chi connectivity index (χ1n) is 7.73. The molecule has 0 aliphatic rings. The standard InChI is InChI=1S/C20H19NO2/c22-19-12-14-21(13-11-16-7-3-1-4-8-16)20(23)18(19)15-17-9-5-2-6-10-17/h1-10,12,14,22H,11,13,15H2. The van der Waals surface area contributed by atoms with Crippen LogP contribution in [0.4, 0.5) is 0 Å². The molecule has 0 aliphatic carbocycles. The molecule has 3 heteroatoms. The van der Waals surface area contributed by atoms with Gasteiger partial charge in [-0.2, -0.15) is 0 Å². The SMILES string of the molecule is O=c1c(Cc2ccccc2)c(O)ccn1CCc1ccccc1. The highest BCUT2D eigenvalue weighted by Gasteiger charge is 2.10. The minimum absolute atomic E-state index is 0.0646. The summed E-state index contributed by atoms with van der Waals surface area (Å²) in [6, 6.07) is 21.4. The van der Waals surface area contributed by atoms with E-state index in [2.05, 4.69) is 12.1 Å². The van der Waals surface area contributed by atoms with E-state index < -0.39 is 0 Å². The maximum absolute atomic E-state index is 12.6. The Morgan fingerprint density at radius 2 is 1.43 bits per heavy atom. The van der Waals surface area contributed by atoms with Crippen LogP contribution in [0.3, 0.4) is 0 Å². The summed E-state index contributed by atoms with van der Waals surface area (Å²) in [4.78, 5) is 12.6. The second-order valence-electron chi connectivity index (χ2n) is 5.58. The molecule has 0 unspecified atom stereocenters. The quantitative estimate of drug-likeness (QED) is 0.785. The fourth-order valence-corrected chi connectivity index (χ4v) is 2.65. The minimum Gasteiger partial charge on any atom is -0.507 e. The van der Waals surface area contributed by atoms with Crippen LogP contribution in [0.15, 0.2) is 77.7 Å². The molecule has 0 aliphatic heterocycles. The molecule has 0 atom stereocenters. The van der Waals surface area contributed by atoms with Crippen LogP contribution in [-0.4, -0.2) is 9.67 Å². The number of aromatic hydroxyl groups is 1. The number of aromatic nitrogens is 1. The van der Waals surface area contributed by atoms with E-state index in [9.17, 15) is 9.90 Å². The molecular formula is C20H19NO2. The lowest BCUT2D eigenvalue weighted by Crippen LogP contribution is -2.24. The molecule has 1 heterocycles. The number of nitrogens with zero attached hydrogens (tertiary/aromatic N) is 1. The van der Waals surface area contributed by atoms with Crippen LogP contribution in [0.5, 0.6) is 5.75 Å². The number of aryl methyl sites for hydroxylation is 2. The Balaban J connectivity index is 1.82. The molecule has 1 aromatic heterocycles. The van der Waals surface area contributed by atoms with Crippen molar-refractivity contribution in [3.63, 3.8) is 0 Å². The molecule has 0 amide bonds. The summed E-state index contributed by atoms with van der Waals surface area (Å²) in [5.74, 6) is 0.0646. The maximum atomic E-state index is 12.6. The van der Waals surface area contributed by atoms with Gasteiger partial charge in [-0.25, -0.2) is 0 Å². The number of benzene rings is 2. The van der Waals surface area contributed by atoms with Crippen LogP contribution in [0.1, 0.15) is 16.7 Å². The molecule has 116 valence electrons. The number of pyridine rings is 1. The molecular weight excluding hydrogens is 286 g/mol. The van der Waals surface area contributed by atoms with E-state index >= 15 is 0 Å². The predicted molar refractivity (Wildman–Crippen MR) is 91.8 cm³/mol. The van der Waals surface area contributed by atoms with Gasteiger partial charge in [0.1, 0.15) is 5.75 Å². The Kier molecular flexibility index (Phi) is 4.57. The molecule has 0 saturated carbocycles. The summed E-state index contributed by atoms with van der Waals surface area (Å²) in [6.07, 6.45) is 2.89. The van der Waals surface area contributed by atoms with Crippen molar-refractivity contribution in [2.45, 2.75) is 19.4 Å². The van der Waals surface area contributed by atoms with Crippen molar-refractivity contribution < 1.29 is 5.11 Å². The van der Waals surface area contributed by atoms with Crippen LogP contribution in [-0.2, 0) is 19.4 Å². The van der Waals surface area contributed by atoms with Crippen molar-refractivity contribution in [3.8, 4) is 5.75 Å². The van der Waals surface area contributed by atoms with E-state index in [4.69, 9.17) is 0 Å². The van der Waals surface area contributed by atoms with E-state index in [0.717, 1.165) is 12.0 Å². The first kappa shape index (κ1) is 15.1. The molecule has 3 nitrogen and oxygen atoms in total. The smallest absolute Gasteiger partial charge is 0.257 e. The monoisotopic (exact) mass is 305 g/mol. The number of hydrogen-bond acceptors (Lipinski definition) is 2. The van der Waals surface area contributed by atoms with E-state index in [1.165, 1.54) is 5.56 Å². The van der Waals surface area contributed by atoms with Gasteiger partial charge in [0.2, 0.25) is 0 Å². The van der Waals surface area contributed by atoms with Gasteiger partial charge in [-0.15, -0.1) is 0 Å². The molecule has 1 N–H and O–H groups in total. The van der Waals surface area contributed by atoms with Gasteiger partial charge in [-0.1, -0.05) is 60.7 Å². The fourth-order valence-electron chi connectivity index (χ4n) is 2.65. The van der Waals surface area contributed by atoms with Crippen LogP contribution in [0.25, 0.3) is 0 Å². The molecule has 0 radical (unpaired) electrons. The highest BCUT2D eigenvalue weighted by atomic mass is 16.3. The van der Waals surface area contributed by atoms with Crippen molar-refractivity contribution >= 4 is 0 Å². The lowest BCUT2D eigenvalue weighted by molar-refractivity contribution is 0.463. The fraction of sp³-hybridized carbons (Fsp3) is 0.150. The first-order valence-corrected chi connectivity index (χ1v) is 7.73. The zero-order chi connectivity index (χ0) is 16.1. The molecule has 0 spiro atoms. The van der Waals surface area contributed by atoms with Gasteiger partial charge in [-0.05, 0) is 23.6 Å². The second kappa shape index (κ2) is 6.97. The summed E-state index contributed by atoms with van der Waals surface area (Å²) in [5, 5.41) is 10.0. The molecule has 3 aromatic rings. The van der Waals surface area contributed by atoms with Gasteiger partial charge in [0.05, 0.1) is 5.56 Å². The summed E-state index contributed by atoms with van der Waals surface area (Å²) in [7, 11) is 0. The lowest BCUT2D eigenvalue weighted by atomic mass is 10.1. The highest BCUT2D eigenvalue weighted by Crippen LogP contribution is 2.16. The van der Waals surface area contributed by atoms with E-state index in [-0.39, 0.29) is 11.3 Å². The average molecular weight is 305 g/mol. The summed E-state index contributed by atoms with van der Waals surface area (Å²) in [5.41, 5.74) is 2.54. The second-order valence-corrected chi connectivity index (χ2v) is 5.58. The van der Waals surface area contributed by atoms with Crippen molar-refractivity contribution in [2.24, 2.45) is 0 Å². The van der Waals surface area contributed by atoms with Crippen molar-refractivity contribution in [2.75, 3.05) is 0 Å². The largest absolute Gasteiger partial charge is 0.507 e. The number of rotatable bonds is 5. The number of hydrogen-bond donors (Lipinski definition) is 1. The van der Waals surface area contributed by atoms with Gasteiger partial charge in [0.25, 0.3) is 5.56 Å².